The first-order valence-corrected chi connectivity index (χ1v) is 8.59. The van der Waals surface area contributed by atoms with Crippen LogP contribution in [0.3, 0.4) is 0 Å². The quantitative estimate of drug-likeness (QED) is 0.758. The summed E-state index contributed by atoms with van der Waals surface area (Å²) in [5.41, 5.74) is 0.579. The first-order valence-electron chi connectivity index (χ1n) is 8.59. The molecule has 2 aliphatic rings. The van der Waals surface area contributed by atoms with Crippen LogP contribution in [0.5, 0.6) is 0 Å². The van der Waals surface area contributed by atoms with Gasteiger partial charge in [0.05, 0.1) is 6.10 Å². The van der Waals surface area contributed by atoms with Crippen molar-refractivity contribution in [3.05, 3.63) is 0 Å². The maximum atomic E-state index is 5.99. The van der Waals surface area contributed by atoms with Crippen molar-refractivity contribution in [2.24, 2.45) is 5.41 Å². The zero-order chi connectivity index (χ0) is 14.4. The van der Waals surface area contributed by atoms with Crippen LogP contribution in [0, 0.1) is 5.41 Å². The van der Waals surface area contributed by atoms with E-state index in [1.165, 1.54) is 51.5 Å². The van der Waals surface area contributed by atoms with Crippen LogP contribution in [0.4, 0.5) is 0 Å². The lowest BCUT2D eigenvalue weighted by atomic mass is 9.75. The lowest BCUT2D eigenvalue weighted by Gasteiger charge is -2.38. The van der Waals surface area contributed by atoms with E-state index in [1.807, 2.05) is 0 Å². The summed E-state index contributed by atoms with van der Waals surface area (Å²) < 4.78 is 5.99. The zero-order valence-corrected chi connectivity index (χ0v) is 13.8. The van der Waals surface area contributed by atoms with E-state index >= 15 is 0 Å². The molecule has 0 amide bonds. The van der Waals surface area contributed by atoms with Crippen molar-refractivity contribution in [1.29, 1.82) is 0 Å². The summed E-state index contributed by atoms with van der Waals surface area (Å²) in [4.78, 5) is 2.57. The van der Waals surface area contributed by atoms with Gasteiger partial charge in [-0.1, -0.05) is 13.8 Å². The van der Waals surface area contributed by atoms with E-state index in [2.05, 4.69) is 31.1 Å². The fraction of sp³-hybridized carbons (Fsp3) is 1.00. The molecule has 1 saturated heterocycles. The van der Waals surface area contributed by atoms with Gasteiger partial charge < -0.3 is 15.0 Å². The molecule has 0 aromatic heterocycles. The number of rotatable bonds is 6. The predicted octanol–water partition coefficient (Wildman–Crippen LogP) is 3.05. The Kier molecular flexibility index (Phi) is 6.31. The van der Waals surface area contributed by atoms with Crippen LogP contribution in [0.2, 0.25) is 0 Å². The predicted molar refractivity (Wildman–Crippen MR) is 85.1 cm³/mol. The van der Waals surface area contributed by atoms with E-state index in [0.717, 1.165) is 25.7 Å². The summed E-state index contributed by atoms with van der Waals surface area (Å²) in [7, 11) is 2.30. The number of hydrogen-bond donors (Lipinski definition) is 1. The Morgan fingerprint density at radius 1 is 1.10 bits per heavy atom. The first-order chi connectivity index (χ1) is 9.57. The number of ether oxygens (including phenoxy) is 1. The highest BCUT2D eigenvalue weighted by atomic mass is 16.5. The summed E-state index contributed by atoms with van der Waals surface area (Å²) in [6.45, 7) is 9.21. The second kappa shape index (κ2) is 7.77. The first kappa shape index (κ1) is 16.3. The minimum absolute atomic E-state index is 0.511. The summed E-state index contributed by atoms with van der Waals surface area (Å²) in [6.07, 6.45) is 9.58. The molecule has 3 nitrogen and oxygen atoms in total. The smallest absolute Gasteiger partial charge is 0.0599 e. The highest BCUT2D eigenvalue weighted by Crippen LogP contribution is 2.36. The van der Waals surface area contributed by atoms with E-state index in [9.17, 15) is 0 Å². The number of piperidine rings is 1. The van der Waals surface area contributed by atoms with Crippen molar-refractivity contribution in [3.63, 3.8) is 0 Å². The van der Waals surface area contributed by atoms with Gasteiger partial charge in [-0.3, -0.25) is 0 Å². The third kappa shape index (κ3) is 5.34. The summed E-state index contributed by atoms with van der Waals surface area (Å²) in [5, 5.41) is 3.38. The van der Waals surface area contributed by atoms with Gasteiger partial charge in [0.15, 0.2) is 0 Å². The molecule has 3 heteroatoms. The molecule has 0 unspecified atom stereocenters. The molecule has 1 aliphatic heterocycles. The van der Waals surface area contributed by atoms with Crippen molar-refractivity contribution >= 4 is 0 Å². The molecule has 1 heterocycles. The molecule has 1 aliphatic carbocycles. The Morgan fingerprint density at radius 2 is 1.75 bits per heavy atom. The zero-order valence-electron chi connectivity index (χ0n) is 13.8. The van der Waals surface area contributed by atoms with Gasteiger partial charge in [0.2, 0.25) is 0 Å². The van der Waals surface area contributed by atoms with Gasteiger partial charge in [-0.2, -0.15) is 0 Å². The van der Waals surface area contributed by atoms with Crippen molar-refractivity contribution < 1.29 is 4.74 Å². The Hall–Kier alpha value is -0.120. The van der Waals surface area contributed by atoms with Crippen LogP contribution in [0.1, 0.15) is 58.8 Å². The minimum Gasteiger partial charge on any atom is -0.378 e. The maximum Gasteiger partial charge on any atom is 0.0599 e. The molecule has 0 aromatic carbocycles. The lowest BCUT2D eigenvalue weighted by molar-refractivity contribution is 0.0252. The van der Waals surface area contributed by atoms with Gasteiger partial charge in [0.1, 0.15) is 0 Å². The summed E-state index contributed by atoms with van der Waals surface area (Å²) in [5.74, 6) is 0. The van der Waals surface area contributed by atoms with Gasteiger partial charge in [0, 0.05) is 19.2 Å². The largest absolute Gasteiger partial charge is 0.378 e. The van der Waals surface area contributed by atoms with Crippen molar-refractivity contribution in [2.75, 3.05) is 33.3 Å². The second-order valence-electron chi connectivity index (χ2n) is 7.55. The molecule has 1 saturated carbocycles. The number of nitrogens with zero attached hydrogens (tertiary/aromatic N) is 1. The molecule has 118 valence electrons. The third-order valence-electron chi connectivity index (χ3n) is 5.23. The Labute approximate surface area is 125 Å². The fourth-order valence-corrected chi connectivity index (χ4v) is 3.53. The molecule has 0 radical (unpaired) electrons. The number of hydrogen-bond acceptors (Lipinski definition) is 3. The van der Waals surface area contributed by atoms with E-state index in [1.54, 1.807) is 0 Å². The highest BCUT2D eigenvalue weighted by Gasteiger charge is 2.28. The second-order valence-corrected chi connectivity index (χ2v) is 7.55. The Bertz CT molecular complexity index is 264. The minimum atomic E-state index is 0.511. The molecular formula is C17H34N2O. The number of nitrogens with one attached hydrogen (secondary N) is 1. The molecule has 2 rings (SSSR count). The van der Waals surface area contributed by atoms with E-state index in [0.29, 0.717) is 11.5 Å². The standard InChI is InChI=1S/C17H34N2O/c1-17(2)9-5-15(6-10-17)19(3)13-4-14-20-16-7-11-18-12-8-16/h15-16,18H,4-14H2,1-3H3. The normalized spacial score (nSPS) is 25.2. The molecule has 0 spiro atoms. The van der Waals surface area contributed by atoms with Crippen molar-refractivity contribution in [1.82, 2.24) is 10.2 Å². The molecule has 20 heavy (non-hydrogen) atoms. The Morgan fingerprint density at radius 3 is 2.40 bits per heavy atom. The van der Waals surface area contributed by atoms with Gasteiger partial charge >= 0.3 is 0 Å². The average molecular weight is 282 g/mol. The van der Waals surface area contributed by atoms with Crippen LogP contribution < -0.4 is 5.32 Å². The van der Waals surface area contributed by atoms with Gasteiger partial charge in [-0.15, -0.1) is 0 Å². The topological polar surface area (TPSA) is 24.5 Å². The molecule has 0 aromatic rings. The molecule has 2 fully saturated rings. The summed E-state index contributed by atoms with van der Waals surface area (Å²) in [6, 6.07) is 0.807. The van der Waals surface area contributed by atoms with Gasteiger partial charge in [-0.05, 0) is 70.5 Å². The van der Waals surface area contributed by atoms with Crippen LogP contribution in [-0.2, 0) is 4.74 Å². The lowest BCUT2D eigenvalue weighted by Crippen LogP contribution is -2.38. The molecular weight excluding hydrogens is 248 g/mol. The molecule has 0 atom stereocenters. The molecule has 0 bridgehead atoms. The van der Waals surface area contributed by atoms with Crippen LogP contribution in [-0.4, -0.2) is 50.3 Å². The molecule has 1 N–H and O–H groups in total. The van der Waals surface area contributed by atoms with E-state index in [-0.39, 0.29) is 0 Å². The monoisotopic (exact) mass is 282 g/mol. The van der Waals surface area contributed by atoms with Gasteiger partial charge in [-0.25, -0.2) is 0 Å². The average Bonchev–Trinajstić information content (AvgIpc) is 2.44. The van der Waals surface area contributed by atoms with Crippen LogP contribution in [0.15, 0.2) is 0 Å². The van der Waals surface area contributed by atoms with Crippen LogP contribution >= 0.6 is 0 Å². The van der Waals surface area contributed by atoms with Crippen LogP contribution in [0.25, 0.3) is 0 Å². The maximum absolute atomic E-state index is 5.99. The SMILES string of the molecule is CN(CCCOC1CCNCC1)C1CCC(C)(C)CC1. The highest BCUT2D eigenvalue weighted by molar-refractivity contribution is 4.82. The van der Waals surface area contributed by atoms with Crippen molar-refractivity contribution in [3.8, 4) is 0 Å². The third-order valence-corrected chi connectivity index (χ3v) is 5.23. The fourth-order valence-electron chi connectivity index (χ4n) is 3.53. The summed E-state index contributed by atoms with van der Waals surface area (Å²) >= 11 is 0. The van der Waals surface area contributed by atoms with Gasteiger partial charge in [0.25, 0.3) is 0 Å². The Balaban J connectivity index is 1.55. The van der Waals surface area contributed by atoms with E-state index in [4.69, 9.17) is 4.74 Å². The van der Waals surface area contributed by atoms with Crippen molar-refractivity contribution in [2.45, 2.75) is 70.9 Å². The van der Waals surface area contributed by atoms with E-state index < -0.39 is 0 Å².